The van der Waals surface area contributed by atoms with Gasteiger partial charge in [0, 0.05) is 5.56 Å². The topological polar surface area (TPSA) is 9.23 Å². The number of benzene rings is 2. The van der Waals surface area contributed by atoms with Crippen LogP contribution in [0.4, 0.5) is 0 Å². The summed E-state index contributed by atoms with van der Waals surface area (Å²) in [5.74, 6) is 3.67. The highest BCUT2D eigenvalue weighted by Crippen LogP contribution is 2.31. The average molecular weight is 250 g/mol. The molecule has 0 spiro atoms. The summed E-state index contributed by atoms with van der Waals surface area (Å²) in [6.07, 6.45) is 5.61. The monoisotopic (exact) mass is 250 g/mol. The van der Waals surface area contributed by atoms with Crippen LogP contribution < -0.4 is 4.74 Å². The Labute approximate surface area is 115 Å². The fourth-order valence-corrected chi connectivity index (χ4v) is 1.92. The summed E-state index contributed by atoms with van der Waals surface area (Å²) in [6, 6.07) is 18.1. The molecule has 0 amide bonds. The van der Waals surface area contributed by atoms with Gasteiger partial charge in [-0.25, -0.2) is 0 Å². The molecule has 19 heavy (non-hydrogen) atoms. The Morgan fingerprint density at radius 1 is 1.00 bits per heavy atom. The number of hydrogen-bond acceptors (Lipinski definition) is 1. The first-order chi connectivity index (χ1) is 9.13. The second-order valence-corrected chi connectivity index (χ2v) is 5.04. The van der Waals surface area contributed by atoms with Crippen LogP contribution in [0.15, 0.2) is 54.6 Å². The van der Waals surface area contributed by atoms with E-state index in [9.17, 15) is 0 Å². The van der Waals surface area contributed by atoms with Gasteiger partial charge >= 0.3 is 0 Å². The molecule has 2 rings (SSSR count). The molecule has 96 valence electrons. The van der Waals surface area contributed by atoms with Gasteiger partial charge in [-0.05, 0) is 25.5 Å². The summed E-state index contributed by atoms with van der Waals surface area (Å²) in [5.41, 5.74) is 1.87. The molecule has 0 fully saturated rings. The SMILES string of the molecule is C#CC(C)(C)c1ccccc1OCc1ccccc1. The third kappa shape index (κ3) is 3.17. The van der Waals surface area contributed by atoms with Gasteiger partial charge in [-0.15, -0.1) is 6.42 Å². The van der Waals surface area contributed by atoms with Gasteiger partial charge in [0.2, 0.25) is 0 Å². The molecule has 2 aromatic carbocycles. The fraction of sp³-hybridized carbons (Fsp3) is 0.222. The molecule has 1 heteroatoms. The Kier molecular flexibility index (Phi) is 3.92. The van der Waals surface area contributed by atoms with Crippen LogP contribution in [0.2, 0.25) is 0 Å². The van der Waals surface area contributed by atoms with Crippen LogP contribution in [-0.2, 0) is 12.0 Å². The first kappa shape index (κ1) is 13.2. The first-order valence-electron chi connectivity index (χ1n) is 6.37. The van der Waals surface area contributed by atoms with E-state index in [2.05, 4.69) is 18.1 Å². The Morgan fingerprint density at radius 2 is 1.63 bits per heavy atom. The summed E-state index contributed by atoms with van der Waals surface area (Å²) in [5, 5.41) is 0. The zero-order chi connectivity index (χ0) is 13.7. The van der Waals surface area contributed by atoms with Crippen molar-refractivity contribution in [1.82, 2.24) is 0 Å². The van der Waals surface area contributed by atoms with Crippen molar-refractivity contribution in [3.05, 3.63) is 65.7 Å². The molecule has 0 saturated carbocycles. The molecule has 0 bridgehead atoms. The minimum Gasteiger partial charge on any atom is -0.489 e. The predicted molar refractivity (Wildman–Crippen MR) is 79.1 cm³/mol. The van der Waals surface area contributed by atoms with E-state index >= 15 is 0 Å². The molecule has 0 N–H and O–H groups in total. The van der Waals surface area contributed by atoms with Gasteiger partial charge in [-0.1, -0.05) is 54.5 Å². The quantitative estimate of drug-likeness (QED) is 0.740. The van der Waals surface area contributed by atoms with Crippen LogP contribution in [0.3, 0.4) is 0 Å². The maximum absolute atomic E-state index is 5.92. The lowest BCUT2D eigenvalue weighted by Gasteiger charge is -2.21. The van der Waals surface area contributed by atoms with E-state index in [1.54, 1.807) is 0 Å². The number of ether oxygens (including phenoxy) is 1. The van der Waals surface area contributed by atoms with Crippen molar-refractivity contribution in [2.45, 2.75) is 25.9 Å². The third-order valence-electron chi connectivity index (χ3n) is 3.16. The van der Waals surface area contributed by atoms with Gasteiger partial charge < -0.3 is 4.74 Å². The van der Waals surface area contributed by atoms with Crippen LogP contribution >= 0.6 is 0 Å². The zero-order valence-electron chi connectivity index (χ0n) is 11.4. The number of hydrogen-bond donors (Lipinski definition) is 0. The Morgan fingerprint density at radius 3 is 2.32 bits per heavy atom. The lowest BCUT2D eigenvalue weighted by molar-refractivity contribution is 0.299. The van der Waals surface area contributed by atoms with Gasteiger partial charge in [-0.2, -0.15) is 0 Å². The number of para-hydroxylation sites is 1. The molecule has 0 aliphatic rings. The molecule has 2 aromatic rings. The predicted octanol–water partition coefficient (Wildman–Crippen LogP) is 4.18. The number of rotatable bonds is 4. The van der Waals surface area contributed by atoms with E-state index < -0.39 is 0 Å². The van der Waals surface area contributed by atoms with Gasteiger partial charge in [0.15, 0.2) is 0 Å². The molecular formula is C18H18O. The summed E-state index contributed by atoms with van der Waals surface area (Å²) in [6.45, 7) is 4.61. The zero-order valence-corrected chi connectivity index (χ0v) is 11.4. The summed E-state index contributed by atoms with van der Waals surface area (Å²) < 4.78 is 5.92. The summed E-state index contributed by atoms with van der Waals surface area (Å²) >= 11 is 0. The smallest absolute Gasteiger partial charge is 0.124 e. The molecule has 0 atom stereocenters. The summed E-state index contributed by atoms with van der Waals surface area (Å²) in [4.78, 5) is 0. The van der Waals surface area contributed by atoms with Crippen molar-refractivity contribution in [1.29, 1.82) is 0 Å². The second-order valence-electron chi connectivity index (χ2n) is 5.04. The Hall–Kier alpha value is -2.20. The van der Waals surface area contributed by atoms with E-state index in [0.717, 1.165) is 16.9 Å². The van der Waals surface area contributed by atoms with Crippen molar-refractivity contribution >= 4 is 0 Å². The van der Waals surface area contributed by atoms with Crippen LogP contribution in [0.25, 0.3) is 0 Å². The molecule has 0 radical (unpaired) electrons. The molecule has 1 nitrogen and oxygen atoms in total. The van der Waals surface area contributed by atoms with Crippen molar-refractivity contribution in [3.8, 4) is 18.1 Å². The second kappa shape index (κ2) is 5.63. The van der Waals surface area contributed by atoms with Gasteiger partial charge in [-0.3, -0.25) is 0 Å². The molecule has 0 aliphatic heterocycles. The third-order valence-corrected chi connectivity index (χ3v) is 3.16. The molecule has 0 heterocycles. The van der Waals surface area contributed by atoms with Crippen LogP contribution in [-0.4, -0.2) is 0 Å². The maximum atomic E-state index is 5.92. The van der Waals surface area contributed by atoms with Crippen molar-refractivity contribution in [2.75, 3.05) is 0 Å². The Balaban J connectivity index is 2.20. The van der Waals surface area contributed by atoms with E-state index in [4.69, 9.17) is 11.2 Å². The molecule has 0 saturated heterocycles. The highest BCUT2D eigenvalue weighted by molar-refractivity contribution is 5.43. The van der Waals surface area contributed by atoms with Gasteiger partial charge in [0.05, 0.1) is 5.41 Å². The maximum Gasteiger partial charge on any atom is 0.124 e. The average Bonchev–Trinajstić information content (AvgIpc) is 2.46. The van der Waals surface area contributed by atoms with Crippen molar-refractivity contribution in [3.63, 3.8) is 0 Å². The largest absolute Gasteiger partial charge is 0.489 e. The van der Waals surface area contributed by atoms with Crippen molar-refractivity contribution in [2.24, 2.45) is 0 Å². The minimum absolute atomic E-state index is 0.326. The molecule has 0 aromatic heterocycles. The Bertz CT molecular complexity index is 576. The molecular weight excluding hydrogens is 232 g/mol. The highest BCUT2D eigenvalue weighted by atomic mass is 16.5. The van der Waals surface area contributed by atoms with Crippen LogP contribution in [0.5, 0.6) is 5.75 Å². The van der Waals surface area contributed by atoms with Crippen LogP contribution in [0, 0.1) is 12.3 Å². The normalized spacial score (nSPS) is 10.8. The minimum atomic E-state index is -0.326. The standard InChI is InChI=1S/C18H18O/c1-4-18(2,3)16-12-8-9-13-17(16)19-14-15-10-6-5-7-11-15/h1,5-13H,14H2,2-3H3. The van der Waals surface area contributed by atoms with E-state index in [1.807, 2.05) is 56.3 Å². The highest BCUT2D eigenvalue weighted by Gasteiger charge is 2.21. The molecule has 0 unspecified atom stereocenters. The summed E-state index contributed by atoms with van der Waals surface area (Å²) in [7, 11) is 0. The van der Waals surface area contributed by atoms with Crippen LogP contribution in [0.1, 0.15) is 25.0 Å². The molecule has 0 aliphatic carbocycles. The first-order valence-corrected chi connectivity index (χ1v) is 6.37. The lowest BCUT2D eigenvalue weighted by Crippen LogP contribution is -2.15. The lowest BCUT2D eigenvalue weighted by atomic mass is 9.85. The van der Waals surface area contributed by atoms with E-state index in [-0.39, 0.29) is 5.41 Å². The van der Waals surface area contributed by atoms with E-state index in [1.165, 1.54) is 0 Å². The van der Waals surface area contributed by atoms with Crippen molar-refractivity contribution < 1.29 is 4.74 Å². The van der Waals surface area contributed by atoms with Gasteiger partial charge in [0.1, 0.15) is 12.4 Å². The fourth-order valence-electron chi connectivity index (χ4n) is 1.92. The van der Waals surface area contributed by atoms with Gasteiger partial charge in [0.25, 0.3) is 0 Å². The van der Waals surface area contributed by atoms with E-state index in [0.29, 0.717) is 6.61 Å². The number of terminal acetylenes is 1.